The van der Waals surface area contributed by atoms with Crippen molar-refractivity contribution in [2.24, 2.45) is 12.0 Å². The maximum Gasteiger partial charge on any atom is 0.419 e. The SMILES string of the molecule is Cn1c(=NC#N)n(-c2cncc(-c3ccccc3)c2)c2c3cc(-c4cnc(N)c(C(F)(F)F)c4)ccc3ncc21. The fourth-order valence-corrected chi connectivity index (χ4v) is 4.80. The predicted molar refractivity (Wildman–Crippen MR) is 145 cm³/mol. The van der Waals surface area contributed by atoms with E-state index in [2.05, 4.69) is 19.9 Å². The van der Waals surface area contributed by atoms with Crippen molar-refractivity contribution in [1.82, 2.24) is 24.1 Å². The number of aromatic nitrogens is 5. The largest absolute Gasteiger partial charge is 0.419 e. The molecular formula is C29H19F3N8. The third-order valence-electron chi connectivity index (χ3n) is 6.70. The van der Waals surface area contributed by atoms with E-state index in [4.69, 9.17) is 5.73 Å². The van der Waals surface area contributed by atoms with Crippen molar-refractivity contribution in [3.05, 3.63) is 96.6 Å². The molecule has 0 spiro atoms. The Bertz CT molecular complexity index is 2030. The second-order valence-electron chi connectivity index (χ2n) is 9.08. The number of aryl methyl sites for hydroxylation is 1. The smallest absolute Gasteiger partial charge is 0.383 e. The summed E-state index contributed by atoms with van der Waals surface area (Å²) in [6.07, 6.45) is 3.61. The highest BCUT2D eigenvalue weighted by molar-refractivity contribution is 6.04. The number of nitrogens with two attached hydrogens (primary N) is 1. The van der Waals surface area contributed by atoms with Gasteiger partial charge in [0, 0.05) is 36.0 Å². The summed E-state index contributed by atoms with van der Waals surface area (Å²) in [7, 11) is 1.76. The first-order valence-electron chi connectivity index (χ1n) is 12.0. The molecule has 0 radical (unpaired) electrons. The molecule has 0 fully saturated rings. The van der Waals surface area contributed by atoms with E-state index in [0.29, 0.717) is 38.8 Å². The van der Waals surface area contributed by atoms with Crippen LogP contribution in [0.25, 0.3) is 49.9 Å². The molecule has 0 amide bonds. The first kappa shape index (κ1) is 24.8. The molecule has 40 heavy (non-hydrogen) atoms. The van der Waals surface area contributed by atoms with Gasteiger partial charge in [-0.1, -0.05) is 36.4 Å². The van der Waals surface area contributed by atoms with Crippen LogP contribution in [0.2, 0.25) is 0 Å². The quantitative estimate of drug-likeness (QED) is 0.295. The van der Waals surface area contributed by atoms with Crippen LogP contribution in [0.5, 0.6) is 0 Å². The molecule has 0 unspecified atom stereocenters. The summed E-state index contributed by atoms with van der Waals surface area (Å²) in [5.41, 5.74) is 9.97. The molecule has 2 aromatic carbocycles. The summed E-state index contributed by atoms with van der Waals surface area (Å²) in [5.74, 6) is -0.587. The molecule has 0 aliphatic rings. The second kappa shape index (κ2) is 9.36. The number of hydrogen-bond donors (Lipinski definition) is 1. The first-order valence-corrected chi connectivity index (χ1v) is 12.0. The van der Waals surface area contributed by atoms with Crippen LogP contribution in [0.15, 0.2) is 90.4 Å². The molecule has 11 heteroatoms. The van der Waals surface area contributed by atoms with Crippen LogP contribution in [0, 0.1) is 11.5 Å². The number of fused-ring (bicyclic) bond motifs is 3. The van der Waals surface area contributed by atoms with Gasteiger partial charge in [-0.2, -0.15) is 18.4 Å². The van der Waals surface area contributed by atoms with E-state index in [-0.39, 0.29) is 5.56 Å². The standard InChI is InChI=1S/C29H19F3N8/c1-39-25-15-36-24-8-7-18(20-11-23(29(30,31)32)27(34)37-13-20)10-22(24)26(25)40(28(39)38-16-33)21-9-19(12-35-14-21)17-5-3-2-4-6-17/h2-15H,1H3,(H2,34,37). The summed E-state index contributed by atoms with van der Waals surface area (Å²) in [5, 5.41) is 10.1. The summed E-state index contributed by atoms with van der Waals surface area (Å²) in [6, 6.07) is 17.8. The predicted octanol–water partition coefficient (Wildman–Crippen LogP) is 5.62. The molecule has 2 N–H and O–H groups in total. The Hall–Kier alpha value is -5.50. The van der Waals surface area contributed by atoms with Gasteiger partial charge in [-0.25, -0.2) is 4.98 Å². The number of nitrogen functional groups attached to an aromatic ring is 1. The number of nitrogens with zero attached hydrogens (tertiary/aromatic N) is 7. The molecular weight excluding hydrogens is 517 g/mol. The summed E-state index contributed by atoms with van der Waals surface area (Å²) >= 11 is 0. The Kier molecular flexibility index (Phi) is 5.80. The minimum atomic E-state index is -4.65. The fraction of sp³-hybridized carbons (Fsp3) is 0.0690. The van der Waals surface area contributed by atoms with E-state index in [0.717, 1.165) is 17.2 Å². The van der Waals surface area contributed by atoms with E-state index >= 15 is 0 Å². The van der Waals surface area contributed by atoms with Crippen LogP contribution < -0.4 is 11.4 Å². The van der Waals surface area contributed by atoms with Gasteiger partial charge in [0.05, 0.1) is 40.2 Å². The lowest BCUT2D eigenvalue weighted by molar-refractivity contribution is -0.137. The van der Waals surface area contributed by atoms with Gasteiger partial charge in [-0.15, -0.1) is 4.99 Å². The Balaban J connectivity index is 1.65. The maximum atomic E-state index is 13.5. The van der Waals surface area contributed by atoms with Crippen LogP contribution in [0.1, 0.15) is 5.56 Å². The van der Waals surface area contributed by atoms with Crippen molar-refractivity contribution in [2.45, 2.75) is 6.18 Å². The normalized spacial score (nSPS) is 12.2. The Morgan fingerprint density at radius 1 is 0.875 bits per heavy atom. The number of alkyl halides is 3. The van der Waals surface area contributed by atoms with Gasteiger partial charge in [0.25, 0.3) is 0 Å². The van der Waals surface area contributed by atoms with Crippen molar-refractivity contribution in [1.29, 1.82) is 5.26 Å². The number of hydrogen-bond acceptors (Lipinski definition) is 6. The summed E-state index contributed by atoms with van der Waals surface area (Å²) in [4.78, 5) is 16.9. The molecule has 4 aromatic heterocycles. The highest BCUT2D eigenvalue weighted by Gasteiger charge is 2.34. The Morgan fingerprint density at radius 2 is 1.65 bits per heavy atom. The zero-order chi connectivity index (χ0) is 28.0. The molecule has 0 saturated heterocycles. The van der Waals surface area contributed by atoms with E-state index in [9.17, 15) is 18.4 Å². The highest BCUT2D eigenvalue weighted by atomic mass is 19.4. The molecule has 0 saturated carbocycles. The first-order chi connectivity index (χ1) is 19.3. The minimum Gasteiger partial charge on any atom is -0.383 e. The number of rotatable bonds is 3. The fourth-order valence-electron chi connectivity index (χ4n) is 4.80. The van der Waals surface area contributed by atoms with E-state index in [1.54, 1.807) is 53.0 Å². The lowest BCUT2D eigenvalue weighted by Gasteiger charge is -2.12. The number of halogens is 3. The van der Waals surface area contributed by atoms with E-state index < -0.39 is 17.6 Å². The molecule has 6 rings (SSSR count). The lowest BCUT2D eigenvalue weighted by Crippen LogP contribution is -2.23. The van der Waals surface area contributed by atoms with Crippen LogP contribution >= 0.6 is 0 Å². The number of nitriles is 1. The van der Waals surface area contributed by atoms with E-state index in [1.165, 1.54) is 6.20 Å². The van der Waals surface area contributed by atoms with Crippen molar-refractivity contribution in [3.8, 4) is 34.1 Å². The lowest BCUT2D eigenvalue weighted by atomic mass is 10.0. The number of imidazole rings is 1. The van der Waals surface area contributed by atoms with Gasteiger partial charge in [-0.3, -0.25) is 14.5 Å². The van der Waals surface area contributed by atoms with E-state index in [1.807, 2.05) is 42.6 Å². The third kappa shape index (κ3) is 4.12. The molecule has 196 valence electrons. The zero-order valence-electron chi connectivity index (χ0n) is 20.9. The highest BCUT2D eigenvalue weighted by Crippen LogP contribution is 2.36. The van der Waals surface area contributed by atoms with Crippen molar-refractivity contribution >= 4 is 27.8 Å². The van der Waals surface area contributed by atoms with Crippen LogP contribution in [-0.2, 0) is 13.2 Å². The van der Waals surface area contributed by atoms with Gasteiger partial charge in [0.1, 0.15) is 5.82 Å². The number of anilines is 1. The number of benzene rings is 2. The van der Waals surface area contributed by atoms with Gasteiger partial charge in [-0.05, 0) is 35.4 Å². The van der Waals surface area contributed by atoms with Gasteiger partial charge in [0.2, 0.25) is 11.8 Å². The molecule has 0 aliphatic carbocycles. The second-order valence-corrected chi connectivity index (χ2v) is 9.08. The van der Waals surface area contributed by atoms with Crippen LogP contribution in [0.3, 0.4) is 0 Å². The average molecular weight is 537 g/mol. The Morgan fingerprint density at radius 3 is 2.40 bits per heavy atom. The minimum absolute atomic E-state index is 0.248. The van der Waals surface area contributed by atoms with Crippen LogP contribution in [0.4, 0.5) is 19.0 Å². The van der Waals surface area contributed by atoms with Crippen molar-refractivity contribution in [2.75, 3.05) is 5.73 Å². The van der Waals surface area contributed by atoms with Gasteiger partial charge in [0.15, 0.2) is 0 Å². The average Bonchev–Trinajstić information content (AvgIpc) is 3.24. The molecule has 0 atom stereocenters. The summed E-state index contributed by atoms with van der Waals surface area (Å²) < 4.78 is 44.2. The molecule has 0 bridgehead atoms. The topological polar surface area (TPSA) is 111 Å². The molecule has 8 nitrogen and oxygen atoms in total. The molecule has 0 aliphatic heterocycles. The number of pyridine rings is 3. The Labute approximate surface area is 225 Å². The molecule has 6 aromatic rings. The van der Waals surface area contributed by atoms with Crippen molar-refractivity contribution < 1.29 is 13.2 Å². The summed E-state index contributed by atoms with van der Waals surface area (Å²) in [6.45, 7) is 0. The molecule has 4 heterocycles. The monoisotopic (exact) mass is 536 g/mol. The van der Waals surface area contributed by atoms with Crippen LogP contribution in [-0.4, -0.2) is 24.1 Å². The maximum absolute atomic E-state index is 13.5. The van der Waals surface area contributed by atoms with Gasteiger partial charge >= 0.3 is 6.18 Å². The zero-order valence-corrected chi connectivity index (χ0v) is 20.9. The third-order valence-corrected chi connectivity index (χ3v) is 6.70. The van der Waals surface area contributed by atoms with Crippen molar-refractivity contribution in [3.63, 3.8) is 0 Å². The van der Waals surface area contributed by atoms with Gasteiger partial charge < -0.3 is 10.3 Å².